The first-order chi connectivity index (χ1) is 7.19. The van der Waals surface area contributed by atoms with E-state index in [-0.39, 0.29) is 0 Å². The van der Waals surface area contributed by atoms with Crippen LogP contribution in [0, 0.1) is 0 Å². The number of nitrogens with zero attached hydrogens (tertiary/aromatic N) is 3. The lowest BCUT2D eigenvalue weighted by molar-refractivity contribution is -0.138. The van der Waals surface area contributed by atoms with Gasteiger partial charge in [-0.3, -0.25) is 4.79 Å². The zero-order valence-electron chi connectivity index (χ0n) is 7.99. The highest BCUT2D eigenvalue weighted by molar-refractivity contribution is 5.75. The highest BCUT2D eigenvalue weighted by Crippen LogP contribution is 2.20. The molecule has 0 fully saturated rings. The van der Waals surface area contributed by atoms with E-state index in [2.05, 4.69) is 10.0 Å². The van der Waals surface area contributed by atoms with Gasteiger partial charge in [-0.15, -0.1) is 0 Å². The largest absolute Gasteiger partial charge is 0.497 e. The molecule has 6 heteroatoms. The molecule has 1 aromatic carbocycles. The molecular weight excluding hydrogens is 198 g/mol. The third kappa shape index (κ3) is 2.62. The molecule has 6 nitrogen and oxygen atoms in total. The summed E-state index contributed by atoms with van der Waals surface area (Å²) in [6.07, 6.45) is 0. The molecule has 0 radical (unpaired) electrons. The zero-order valence-corrected chi connectivity index (χ0v) is 7.99. The number of carboxylic acid groups (broad SMARTS) is 1. The Morgan fingerprint density at radius 1 is 1.53 bits per heavy atom. The molecule has 15 heavy (non-hydrogen) atoms. The fraction of sp³-hybridized carbons (Fsp3) is 0.222. The maximum absolute atomic E-state index is 10.7. The molecule has 0 spiro atoms. The Morgan fingerprint density at radius 2 is 2.13 bits per heavy atom. The predicted molar refractivity (Wildman–Crippen MR) is 52.5 cm³/mol. The average Bonchev–Trinajstić information content (AvgIpc) is 2.26. The van der Waals surface area contributed by atoms with Crippen LogP contribution in [0.1, 0.15) is 11.6 Å². The molecule has 0 saturated heterocycles. The Morgan fingerprint density at radius 3 is 2.53 bits per heavy atom. The van der Waals surface area contributed by atoms with Gasteiger partial charge in [0.25, 0.3) is 0 Å². The lowest BCUT2D eigenvalue weighted by Gasteiger charge is -2.06. The summed E-state index contributed by atoms with van der Waals surface area (Å²) in [7, 11) is 1.51. The fourth-order valence-corrected chi connectivity index (χ4v) is 1.10. The summed E-state index contributed by atoms with van der Waals surface area (Å²) in [5.41, 5.74) is 8.64. The van der Waals surface area contributed by atoms with Crippen molar-refractivity contribution in [3.8, 4) is 5.75 Å². The molecule has 1 unspecified atom stereocenters. The molecule has 78 valence electrons. The molecule has 0 aliphatic heterocycles. The van der Waals surface area contributed by atoms with Crippen molar-refractivity contribution in [2.75, 3.05) is 7.11 Å². The van der Waals surface area contributed by atoms with Gasteiger partial charge in [-0.05, 0) is 23.2 Å². The van der Waals surface area contributed by atoms with Crippen LogP contribution in [0.4, 0.5) is 0 Å². The van der Waals surface area contributed by atoms with Crippen LogP contribution >= 0.6 is 0 Å². The van der Waals surface area contributed by atoms with Gasteiger partial charge < -0.3 is 9.84 Å². The van der Waals surface area contributed by atoms with E-state index >= 15 is 0 Å². The smallest absolute Gasteiger partial charge is 0.316 e. The fourth-order valence-electron chi connectivity index (χ4n) is 1.10. The van der Waals surface area contributed by atoms with Crippen LogP contribution in [0.2, 0.25) is 0 Å². The molecule has 0 aliphatic carbocycles. The Balaban J connectivity index is 3.01. The van der Waals surface area contributed by atoms with Crippen molar-refractivity contribution in [2.45, 2.75) is 6.04 Å². The highest BCUT2D eigenvalue weighted by atomic mass is 16.5. The molecule has 0 saturated carbocycles. The number of ether oxygens (including phenoxy) is 1. The molecule has 0 heterocycles. The van der Waals surface area contributed by atoms with Crippen LogP contribution in [0.5, 0.6) is 5.75 Å². The normalized spacial score (nSPS) is 11.3. The molecular formula is C9H9N3O3. The van der Waals surface area contributed by atoms with E-state index in [1.54, 1.807) is 24.3 Å². The third-order valence-electron chi connectivity index (χ3n) is 1.83. The van der Waals surface area contributed by atoms with Crippen LogP contribution in [0.15, 0.2) is 29.4 Å². The number of benzene rings is 1. The van der Waals surface area contributed by atoms with Crippen molar-refractivity contribution < 1.29 is 14.6 Å². The monoisotopic (exact) mass is 207 g/mol. The first-order valence-corrected chi connectivity index (χ1v) is 4.10. The number of azide groups is 1. The third-order valence-corrected chi connectivity index (χ3v) is 1.83. The number of rotatable bonds is 4. The van der Waals surface area contributed by atoms with Gasteiger partial charge in [-0.1, -0.05) is 17.2 Å². The lowest BCUT2D eigenvalue weighted by Crippen LogP contribution is -2.08. The number of methoxy groups -OCH3 is 1. The molecule has 0 bridgehead atoms. The lowest BCUT2D eigenvalue weighted by atomic mass is 10.1. The first kappa shape index (κ1) is 10.9. The quantitative estimate of drug-likeness (QED) is 0.465. The van der Waals surface area contributed by atoms with Crippen molar-refractivity contribution in [1.29, 1.82) is 0 Å². The highest BCUT2D eigenvalue weighted by Gasteiger charge is 2.17. The van der Waals surface area contributed by atoms with Crippen LogP contribution in [-0.4, -0.2) is 18.2 Å². The molecule has 1 N–H and O–H groups in total. The molecule has 1 aromatic rings. The average molecular weight is 207 g/mol. The topological polar surface area (TPSA) is 95.3 Å². The van der Waals surface area contributed by atoms with Crippen LogP contribution in [0.3, 0.4) is 0 Å². The molecule has 0 aromatic heterocycles. The van der Waals surface area contributed by atoms with Crippen LogP contribution in [0.25, 0.3) is 10.4 Å². The maximum atomic E-state index is 10.7. The summed E-state index contributed by atoms with van der Waals surface area (Å²) in [4.78, 5) is 13.2. The van der Waals surface area contributed by atoms with E-state index in [1.807, 2.05) is 0 Å². The minimum Gasteiger partial charge on any atom is -0.497 e. The minimum atomic E-state index is -1.19. The summed E-state index contributed by atoms with van der Waals surface area (Å²) in [6.45, 7) is 0. The van der Waals surface area contributed by atoms with Gasteiger partial charge in [0, 0.05) is 4.91 Å². The van der Waals surface area contributed by atoms with E-state index in [0.29, 0.717) is 11.3 Å². The molecule has 0 aliphatic rings. The number of aliphatic carboxylic acids is 1. The predicted octanol–water partition coefficient (Wildman–Crippen LogP) is 2.13. The molecule has 1 rings (SSSR count). The Kier molecular flexibility index (Phi) is 3.54. The van der Waals surface area contributed by atoms with Crippen molar-refractivity contribution >= 4 is 5.97 Å². The summed E-state index contributed by atoms with van der Waals surface area (Å²) in [5, 5.41) is 12.0. The second-order valence-electron chi connectivity index (χ2n) is 2.72. The number of carbonyl (C=O) groups is 1. The Bertz CT molecular complexity index is 394. The zero-order chi connectivity index (χ0) is 11.3. The summed E-state index contributed by atoms with van der Waals surface area (Å²) in [6, 6.07) is 5.12. The molecule has 1 atom stereocenters. The van der Waals surface area contributed by atoms with Gasteiger partial charge >= 0.3 is 5.97 Å². The van der Waals surface area contributed by atoms with Crippen molar-refractivity contribution in [2.24, 2.45) is 5.11 Å². The summed E-state index contributed by atoms with van der Waals surface area (Å²) in [5.74, 6) is -0.568. The van der Waals surface area contributed by atoms with E-state index in [4.69, 9.17) is 15.4 Å². The second kappa shape index (κ2) is 4.88. The van der Waals surface area contributed by atoms with E-state index < -0.39 is 12.0 Å². The standard InChI is InChI=1S/C9H9N3O3/c1-15-7-4-2-6(3-5-7)8(9(13)14)11-12-10/h2-5,8H,1H3,(H,13,14). The van der Waals surface area contributed by atoms with Gasteiger partial charge in [0.1, 0.15) is 5.75 Å². The van der Waals surface area contributed by atoms with Crippen molar-refractivity contribution in [3.63, 3.8) is 0 Å². The van der Waals surface area contributed by atoms with Gasteiger partial charge in [0.2, 0.25) is 0 Å². The van der Waals surface area contributed by atoms with Gasteiger partial charge in [0.05, 0.1) is 7.11 Å². The summed E-state index contributed by atoms with van der Waals surface area (Å²) >= 11 is 0. The van der Waals surface area contributed by atoms with Gasteiger partial charge in [0.15, 0.2) is 6.04 Å². The SMILES string of the molecule is COc1ccc(C(N=[N+]=[N-])C(=O)O)cc1. The number of hydrogen-bond acceptors (Lipinski definition) is 3. The first-order valence-electron chi connectivity index (χ1n) is 4.10. The van der Waals surface area contributed by atoms with E-state index in [0.717, 1.165) is 0 Å². The van der Waals surface area contributed by atoms with Crippen LogP contribution in [-0.2, 0) is 4.79 Å². The van der Waals surface area contributed by atoms with Gasteiger partial charge in [-0.2, -0.15) is 0 Å². The maximum Gasteiger partial charge on any atom is 0.316 e. The van der Waals surface area contributed by atoms with E-state index in [9.17, 15) is 4.79 Å². The van der Waals surface area contributed by atoms with Crippen LogP contribution < -0.4 is 4.74 Å². The minimum absolute atomic E-state index is 0.418. The van der Waals surface area contributed by atoms with Gasteiger partial charge in [-0.25, -0.2) is 0 Å². The molecule has 0 amide bonds. The Labute approximate surface area is 85.7 Å². The summed E-state index contributed by atoms with van der Waals surface area (Å²) < 4.78 is 4.92. The second-order valence-corrected chi connectivity index (χ2v) is 2.72. The van der Waals surface area contributed by atoms with E-state index in [1.165, 1.54) is 7.11 Å². The number of hydrogen-bond donors (Lipinski definition) is 1. The van der Waals surface area contributed by atoms with Crippen molar-refractivity contribution in [1.82, 2.24) is 0 Å². The van der Waals surface area contributed by atoms with Crippen molar-refractivity contribution in [3.05, 3.63) is 40.3 Å². The Hall–Kier alpha value is -2.20. The number of carboxylic acids is 1.